The number of nitrogens with zero attached hydrogens (tertiary/aromatic N) is 1. The van der Waals surface area contributed by atoms with E-state index in [1.165, 1.54) is 12.1 Å². The molecule has 2 aliphatic rings. The van der Waals surface area contributed by atoms with E-state index >= 15 is 0 Å². The first-order chi connectivity index (χ1) is 8.31. The summed E-state index contributed by atoms with van der Waals surface area (Å²) in [5.74, 6) is 1.60. The van der Waals surface area contributed by atoms with E-state index in [0.717, 1.165) is 24.4 Å². The van der Waals surface area contributed by atoms with Crippen LogP contribution < -0.4 is 5.32 Å². The Kier molecular flexibility index (Phi) is 2.59. The molecule has 0 bridgehead atoms. The number of piperidine rings is 1. The Morgan fingerprint density at radius 2 is 1.94 bits per heavy atom. The van der Waals surface area contributed by atoms with Crippen LogP contribution in [0.5, 0.6) is 0 Å². The maximum absolute atomic E-state index is 12.9. The van der Waals surface area contributed by atoms with Crippen molar-refractivity contribution >= 4 is 5.71 Å². The molecule has 2 fully saturated rings. The molecule has 1 aliphatic heterocycles. The predicted molar refractivity (Wildman–Crippen MR) is 63.3 cm³/mol. The summed E-state index contributed by atoms with van der Waals surface area (Å²) in [5, 5.41) is 7.49. The number of hydrogen-bond acceptors (Lipinski definition) is 3. The van der Waals surface area contributed by atoms with Crippen LogP contribution in [0.2, 0.25) is 0 Å². The number of nitrogens with one attached hydrogen (secondary N) is 1. The van der Waals surface area contributed by atoms with Crippen molar-refractivity contribution in [2.75, 3.05) is 20.2 Å². The van der Waals surface area contributed by atoms with Crippen LogP contribution >= 0.6 is 0 Å². The first-order valence-corrected chi connectivity index (χ1v) is 5.89. The molecule has 90 valence electrons. The van der Waals surface area contributed by atoms with E-state index in [2.05, 4.69) is 10.5 Å². The molecule has 1 aromatic carbocycles. The van der Waals surface area contributed by atoms with Gasteiger partial charge in [0.25, 0.3) is 0 Å². The van der Waals surface area contributed by atoms with Gasteiger partial charge in [-0.1, -0.05) is 17.3 Å². The zero-order valence-electron chi connectivity index (χ0n) is 9.69. The van der Waals surface area contributed by atoms with Gasteiger partial charge >= 0.3 is 0 Å². The summed E-state index contributed by atoms with van der Waals surface area (Å²) in [4.78, 5) is 4.93. The lowest BCUT2D eigenvalue weighted by atomic mass is 10.0. The van der Waals surface area contributed by atoms with Crippen LogP contribution in [0.15, 0.2) is 29.4 Å². The molecule has 1 heterocycles. The molecule has 3 nitrogen and oxygen atoms in total. The molecular weight excluding hydrogens is 219 g/mol. The standard InChI is InChI=1S/C13H15FN2O/c1-17-16-13(8-2-4-9(14)5-3-8)12-10-6-15-7-11(10)12/h2-5,10-12,15H,6-7H2,1H3. The Balaban J connectivity index is 1.86. The van der Waals surface area contributed by atoms with Gasteiger partial charge in [-0.25, -0.2) is 4.39 Å². The topological polar surface area (TPSA) is 33.6 Å². The molecule has 3 rings (SSSR count). The minimum Gasteiger partial charge on any atom is -0.399 e. The van der Waals surface area contributed by atoms with Crippen LogP contribution in [0, 0.1) is 23.6 Å². The van der Waals surface area contributed by atoms with Gasteiger partial charge in [-0.15, -0.1) is 0 Å². The van der Waals surface area contributed by atoms with Crippen molar-refractivity contribution in [3.05, 3.63) is 35.6 Å². The zero-order chi connectivity index (χ0) is 11.8. The lowest BCUT2D eigenvalue weighted by Gasteiger charge is -2.08. The van der Waals surface area contributed by atoms with Crippen LogP contribution in [0.25, 0.3) is 0 Å². The third kappa shape index (κ3) is 1.82. The molecule has 1 saturated heterocycles. The second-order valence-corrected chi connectivity index (χ2v) is 4.68. The molecule has 1 aromatic rings. The Morgan fingerprint density at radius 1 is 1.29 bits per heavy atom. The van der Waals surface area contributed by atoms with Crippen molar-refractivity contribution in [3.63, 3.8) is 0 Å². The summed E-state index contributed by atoms with van der Waals surface area (Å²) in [6.45, 7) is 2.11. The Hall–Kier alpha value is -1.42. The van der Waals surface area contributed by atoms with Gasteiger partial charge in [-0.2, -0.15) is 0 Å². The summed E-state index contributed by atoms with van der Waals surface area (Å²) in [6.07, 6.45) is 0. The predicted octanol–water partition coefficient (Wildman–Crippen LogP) is 1.64. The number of benzene rings is 1. The largest absolute Gasteiger partial charge is 0.399 e. The van der Waals surface area contributed by atoms with Crippen molar-refractivity contribution in [1.29, 1.82) is 0 Å². The van der Waals surface area contributed by atoms with Gasteiger partial charge in [0.2, 0.25) is 0 Å². The lowest BCUT2D eigenvalue weighted by Crippen LogP contribution is -2.19. The average Bonchev–Trinajstić information content (AvgIpc) is 2.80. The number of rotatable bonds is 3. The van der Waals surface area contributed by atoms with Crippen LogP contribution in [-0.2, 0) is 4.84 Å². The fraction of sp³-hybridized carbons (Fsp3) is 0.462. The van der Waals surface area contributed by atoms with E-state index in [9.17, 15) is 4.39 Å². The average molecular weight is 234 g/mol. The molecule has 0 aromatic heterocycles. The van der Waals surface area contributed by atoms with E-state index < -0.39 is 0 Å². The molecule has 2 unspecified atom stereocenters. The highest BCUT2D eigenvalue weighted by Crippen LogP contribution is 2.50. The summed E-state index contributed by atoms with van der Waals surface area (Å²) in [6, 6.07) is 6.48. The first kappa shape index (κ1) is 10.7. The number of fused-ring (bicyclic) bond motifs is 1. The smallest absolute Gasteiger partial charge is 0.123 e. The second-order valence-electron chi connectivity index (χ2n) is 4.68. The van der Waals surface area contributed by atoms with E-state index in [1.807, 2.05) is 0 Å². The SMILES string of the molecule is CON=C(c1ccc(F)cc1)C1C2CNCC21. The van der Waals surface area contributed by atoms with Crippen molar-refractivity contribution in [3.8, 4) is 0 Å². The summed E-state index contributed by atoms with van der Waals surface area (Å²) >= 11 is 0. The first-order valence-electron chi connectivity index (χ1n) is 5.89. The maximum Gasteiger partial charge on any atom is 0.123 e. The maximum atomic E-state index is 12.9. The molecule has 0 spiro atoms. The summed E-state index contributed by atoms with van der Waals surface area (Å²) in [7, 11) is 1.56. The van der Waals surface area contributed by atoms with Gasteiger partial charge in [-0.3, -0.25) is 0 Å². The van der Waals surface area contributed by atoms with Gasteiger partial charge in [0.1, 0.15) is 12.9 Å². The van der Waals surface area contributed by atoms with Gasteiger partial charge in [-0.05, 0) is 42.6 Å². The number of halogens is 1. The van der Waals surface area contributed by atoms with Crippen LogP contribution in [-0.4, -0.2) is 25.9 Å². The summed E-state index contributed by atoms with van der Waals surface area (Å²) in [5.41, 5.74) is 1.93. The lowest BCUT2D eigenvalue weighted by molar-refractivity contribution is 0.212. The van der Waals surface area contributed by atoms with Crippen molar-refractivity contribution < 1.29 is 9.23 Å². The molecule has 2 atom stereocenters. The van der Waals surface area contributed by atoms with Gasteiger partial charge in [0, 0.05) is 5.92 Å². The Bertz CT molecular complexity index is 433. The van der Waals surface area contributed by atoms with Crippen molar-refractivity contribution in [2.45, 2.75) is 0 Å². The van der Waals surface area contributed by atoms with E-state index in [4.69, 9.17) is 4.84 Å². The molecule has 4 heteroatoms. The second kappa shape index (κ2) is 4.11. The Labute approximate surface area is 99.7 Å². The van der Waals surface area contributed by atoms with Gasteiger partial charge in [0.05, 0.1) is 5.71 Å². The monoisotopic (exact) mass is 234 g/mol. The molecular formula is C13H15FN2O. The third-order valence-corrected chi connectivity index (χ3v) is 3.74. The minimum atomic E-state index is -0.219. The molecule has 1 N–H and O–H groups in total. The highest BCUT2D eigenvalue weighted by molar-refractivity contribution is 6.04. The van der Waals surface area contributed by atoms with Gasteiger partial charge in [0.15, 0.2) is 0 Å². The molecule has 1 aliphatic carbocycles. The highest BCUT2D eigenvalue weighted by atomic mass is 19.1. The fourth-order valence-corrected chi connectivity index (χ4v) is 2.85. The van der Waals surface area contributed by atoms with Crippen LogP contribution in [0.1, 0.15) is 5.56 Å². The zero-order valence-corrected chi connectivity index (χ0v) is 9.69. The third-order valence-electron chi connectivity index (χ3n) is 3.74. The van der Waals surface area contributed by atoms with Crippen molar-refractivity contribution in [2.24, 2.45) is 22.9 Å². The van der Waals surface area contributed by atoms with E-state index in [0.29, 0.717) is 17.8 Å². The van der Waals surface area contributed by atoms with Crippen LogP contribution in [0.4, 0.5) is 4.39 Å². The van der Waals surface area contributed by atoms with Crippen molar-refractivity contribution in [1.82, 2.24) is 5.32 Å². The van der Waals surface area contributed by atoms with Gasteiger partial charge < -0.3 is 10.2 Å². The summed E-state index contributed by atoms with van der Waals surface area (Å²) < 4.78 is 12.9. The minimum absolute atomic E-state index is 0.219. The van der Waals surface area contributed by atoms with E-state index in [-0.39, 0.29) is 5.82 Å². The molecule has 1 saturated carbocycles. The number of hydrogen-bond donors (Lipinski definition) is 1. The fourth-order valence-electron chi connectivity index (χ4n) is 2.85. The number of oxime groups is 1. The molecule has 17 heavy (non-hydrogen) atoms. The molecule has 0 amide bonds. The van der Waals surface area contributed by atoms with Crippen LogP contribution in [0.3, 0.4) is 0 Å². The van der Waals surface area contributed by atoms with E-state index in [1.54, 1.807) is 19.2 Å². The molecule has 0 radical (unpaired) electrons. The quantitative estimate of drug-likeness (QED) is 0.637. The highest BCUT2D eigenvalue weighted by Gasteiger charge is 2.55. The normalized spacial score (nSPS) is 31.2. The Morgan fingerprint density at radius 3 is 2.53 bits per heavy atom.